The van der Waals surface area contributed by atoms with Gasteiger partial charge in [-0.15, -0.1) is 10.2 Å². The average Bonchev–Trinajstić information content (AvgIpc) is 3.16. The predicted molar refractivity (Wildman–Crippen MR) is 122 cm³/mol. The molecule has 0 aliphatic carbocycles. The molecule has 2 heterocycles. The Labute approximate surface area is 182 Å². The highest BCUT2D eigenvalue weighted by molar-refractivity contribution is 7.99. The summed E-state index contributed by atoms with van der Waals surface area (Å²) in [7, 11) is -3.17. The van der Waals surface area contributed by atoms with Crippen LogP contribution in [0.25, 0.3) is 17.1 Å². The van der Waals surface area contributed by atoms with Gasteiger partial charge in [-0.1, -0.05) is 43.8 Å². The van der Waals surface area contributed by atoms with Crippen LogP contribution in [0, 0.1) is 0 Å². The summed E-state index contributed by atoms with van der Waals surface area (Å²) in [6, 6.07) is 10.3. The van der Waals surface area contributed by atoms with Crippen LogP contribution in [-0.2, 0) is 22.9 Å². The standard InChI is InChI=1S/C21H27N5O2S2/c1-4-16-9-6-10-17(5-2)19(16)26-20(18-11-7-12-22-15-18)24-25-21(26)29-14-8-13-23-30(3,27)28/h6-7,9-12,15,23H,4-5,8,13-14H2,1-3H3. The first-order chi connectivity index (χ1) is 14.4. The second-order valence-electron chi connectivity index (χ2n) is 6.88. The number of thioether (sulfide) groups is 1. The molecule has 2 aromatic heterocycles. The third-order valence-electron chi connectivity index (χ3n) is 4.66. The lowest BCUT2D eigenvalue weighted by Gasteiger charge is -2.18. The number of rotatable bonds is 10. The molecule has 1 N–H and O–H groups in total. The number of sulfonamides is 1. The average molecular weight is 446 g/mol. The molecule has 7 nitrogen and oxygen atoms in total. The summed E-state index contributed by atoms with van der Waals surface area (Å²) in [6.07, 6.45) is 7.21. The summed E-state index contributed by atoms with van der Waals surface area (Å²) in [5.41, 5.74) is 4.51. The molecule has 0 saturated carbocycles. The number of para-hydroxylation sites is 1. The van der Waals surface area contributed by atoms with Crippen LogP contribution in [0.15, 0.2) is 47.9 Å². The van der Waals surface area contributed by atoms with Crippen molar-refractivity contribution in [3.63, 3.8) is 0 Å². The fraction of sp³-hybridized carbons (Fsp3) is 0.381. The van der Waals surface area contributed by atoms with Gasteiger partial charge in [0.25, 0.3) is 0 Å². The third-order valence-corrected chi connectivity index (χ3v) is 6.40. The molecule has 160 valence electrons. The van der Waals surface area contributed by atoms with Gasteiger partial charge >= 0.3 is 0 Å². The molecule has 0 aliphatic rings. The molecule has 1 aromatic carbocycles. The Morgan fingerprint density at radius 2 is 1.80 bits per heavy atom. The molecule has 3 rings (SSSR count). The second-order valence-corrected chi connectivity index (χ2v) is 9.78. The van der Waals surface area contributed by atoms with Crippen molar-refractivity contribution in [2.45, 2.75) is 38.3 Å². The fourth-order valence-corrected chi connectivity index (χ4v) is 4.63. The van der Waals surface area contributed by atoms with E-state index in [1.807, 2.05) is 12.1 Å². The SMILES string of the molecule is CCc1cccc(CC)c1-n1c(SCCCNS(C)(=O)=O)nnc1-c1cccnc1. The van der Waals surface area contributed by atoms with Crippen LogP contribution in [-0.4, -0.2) is 46.7 Å². The molecule has 0 radical (unpaired) electrons. The lowest BCUT2D eigenvalue weighted by Crippen LogP contribution is -2.23. The minimum Gasteiger partial charge on any atom is -0.269 e. The summed E-state index contributed by atoms with van der Waals surface area (Å²) in [5, 5.41) is 9.76. The van der Waals surface area contributed by atoms with Gasteiger partial charge in [-0.2, -0.15) is 0 Å². The molecule has 0 fully saturated rings. The summed E-state index contributed by atoms with van der Waals surface area (Å²) < 4.78 is 27.2. The van der Waals surface area contributed by atoms with Gasteiger partial charge in [-0.3, -0.25) is 9.55 Å². The van der Waals surface area contributed by atoms with Gasteiger partial charge in [0.05, 0.1) is 11.9 Å². The van der Waals surface area contributed by atoms with Crippen molar-refractivity contribution in [2.24, 2.45) is 0 Å². The Morgan fingerprint density at radius 1 is 1.07 bits per heavy atom. The van der Waals surface area contributed by atoms with Gasteiger partial charge in [0.1, 0.15) is 0 Å². The van der Waals surface area contributed by atoms with Crippen molar-refractivity contribution < 1.29 is 8.42 Å². The van der Waals surface area contributed by atoms with Gasteiger partial charge in [0, 0.05) is 30.3 Å². The molecule has 0 spiro atoms. The summed E-state index contributed by atoms with van der Waals surface area (Å²) in [4.78, 5) is 4.25. The van der Waals surface area contributed by atoms with E-state index in [2.05, 4.69) is 56.5 Å². The van der Waals surface area contributed by atoms with Crippen LogP contribution in [0.1, 0.15) is 31.4 Å². The van der Waals surface area contributed by atoms with Gasteiger partial charge in [-0.05, 0) is 42.5 Å². The van der Waals surface area contributed by atoms with Crippen molar-refractivity contribution in [1.82, 2.24) is 24.5 Å². The Kier molecular flexibility index (Phi) is 7.63. The van der Waals surface area contributed by atoms with Gasteiger partial charge in [-0.25, -0.2) is 13.1 Å². The molecule has 0 amide bonds. The zero-order valence-corrected chi connectivity index (χ0v) is 19.1. The minimum absolute atomic E-state index is 0.404. The van der Waals surface area contributed by atoms with Crippen LogP contribution in [0.5, 0.6) is 0 Å². The smallest absolute Gasteiger partial charge is 0.208 e. The van der Waals surface area contributed by atoms with Crippen molar-refractivity contribution >= 4 is 21.8 Å². The normalized spacial score (nSPS) is 11.7. The molecule has 30 heavy (non-hydrogen) atoms. The van der Waals surface area contributed by atoms with Gasteiger partial charge in [0.2, 0.25) is 10.0 Å². The lowest BCUT2D eigenvalue weighted by molar-refractivity contribution is 0.587. The molecule has 0 atom stereocenters. The van der Waals surface area contributed by atoms with E-state index in [0.29, 0.717) is 13.0 Å². The highest BCUT2D eigenvalue weighted by Gasteiger charge is 2.20. The quantitative estimate of drug-likeness (QED) is 0.380. The Bertz CT molecular complexity index is 1060. The minimum atomic E-state index is -3.17. The van der Waals surface area contributed by atoms with E-state index in [9.17, 15) is 8.42 Å². The van der Waals surface area contributed by atoms with Crippen molar-refractivity contribution in [2.75, 3.05) is 18.6 Å². The number of hydrogen-bond donors (Lipinski definition) is 1. The number of hydrogen-bond acceptors (Lipinski definition) is 6. The van der Waals surface area contributed by atoms with E-state index in [1.54, 1.807) is 24.2 Å². The van der Waals surface area contributed by atoms with Crippen molar-refractivity contribution in [3.8, 4) is 17.1 Å². The zero-order chi connectivity index (χ0) is 21.6. The van der Waals surface area contributed by atoms with Crippen LogP contribution in [0.4, 0.5) is 0 Å². The maximum Gasteiger partial charge on any atom is 0.208 e. The molecule has 9 heteroatoms. The van der Waals surface area contributed by atoms with E-state index in [4.69, 9.17) is 0 Å². The number of pyridine rings is 1. The molecule has 3 aromatic rings. The fourth-order valence-electron chi connectivity index (χ4n) is 3.24. The van der Waals surface area contributed by atoms with Crippen molar-refractivity contribution in [1.29, 1.82) is 0 Å². The second kappa shape index (κ2) is 10.2. The monoisotopic (exact) mass is 445 g/mol. The van der Waals surface area contributed by atoms with Crippen LogP contribution in [0.2, 0.25) is 0 Å². The number of benzene rings is 1. The Balaban J connectivity index is 1.99. The summed E-state index contributed by atoms with van der Waals surface area (Å²) in [5.74, 6) is 1.49. The first kappa shape index (κ1) is 22.5. The molecule has 0 saturated heterocycles. The van der Waals surface area contributed by atoms with Crippen LogP contribution < -0.4 is 4.72 Å². The maximum absolute atomic E-state index is 11.3. The molecule has 0 bridgehead atoms. The van der Waals surface area contributed by atoms with E-state index in [0.717, 1.165) is 40.8 Å². The molecular formula is C21H27N5O2S2. The molecular weight excluding hydrogens is 418 g/mol. The van der Waals surface area contributed by atoms with Crippen molar-refractivity contribution in [3.05, 3.63) is 53.9 Å². The van der Waals surface area contributed by atoms with E-state index < -0.39 is 10.0 Å². The Hall–Kier alpha value is -2.23. The van der Waals surface area contributed by atoms with E-state index in [-0.39, 0.29) is 0 Å². The molecule has 0 aliphatic heterocycles. The maximum atomic E-state index is 11.3. The number of aromatic nitrogens is 4. The first-order valence-corrected chi connectivity index (χ1v) is 12.9. The number of aryl methyl sites for hydroxylation is 2. The van der Waals surface area contributed by atoms with E-state index in [1.165, 1.54) is 17.4 Å². The highest BCUT2D eigenvalue weighted by atomic mass is 32.2. The number of nitrogens with zero attached hydrogens (tertiary/aromatic N) is 4. The van der Waals surface area contributed by atoms with Crippen LogP contribution >= 0.6 is 11.8 Å². The topological polar surface area (TPSA) is 89.8 Å². The highest BCUT2D eigenvalue weighted by Crippen LogP contribution is 2.32. The summed E-state index contributed by atoms with van der Waals surface area (Å²) >= 11 is 1.58. The largest absolute Gasteiger partial charge is 0.269 e. The summed E-state index contributed by atoms with van der Waals surface area (Å²) in [6.45, 7) is 4.70. The lowest BCUT2D eigenvalue weighted by atomic mass is 10.0. The van der Waals surface area contributed by atoms with E-state index >= 15 is 0 Å². The predicted octanol–water partition coefficient (Wildman–Crippen LogP) is 3.49. The van der Waals surface area contributed by atoms with Gasteiger partial charge in [0.15, 0.2) is 11.0 Å². The number of nitrogens with one attached hydrogen (secondary N) is 1. The molecule has 0 unspecified atom stereocenters. The third kappa shape index (κ3) is 5.47. The first-order valence-electron chi connectivity index (χ1n) is 9.99. The van der Waals surface area contributed by atoms with Crippen LogP contribution in [0.3, 0.4) is 0 Å². The zero-order valence-electron chi connectivity index (χ0n) is 17.5. The Morgan fingerprint density at radius 3 is 2.40 bits per heavy atom. The van der Waals surface area contributed by atoms with Gasteiger partial charge < -0.3 is 0 Å².